The Hall–Kier alpha value is -2.40. The van der Waals surface area contributed by atoms with Gasteiger partial charge in [-0.05, 0) is 50.6 Å². The van der Waals surface area contributed by atoms with E-state index in [-0.39, 0.29) is 22.9 Å². The maximum absolute atomic E-state index is 12.9. The largest absolute Gasteiger partial charge is 0.347 e. The molecule has 26 heavy (non-hydrogen) atoms. The van der Waals surface area contributed by atoms with E-state index in [1.165, 1.54) is 0 Å². The Morgan fingerprint density at radius 1 is 1.19 bits per heavy atom. The fourth-order valence-corrected chi connectivity index (χ4v) is 3.31. The molecule has 3 aromatic rings. The van der Waals surface area contributed by atoms with E-state index in [0.29, 0.717) is 11.9 Å². The first-order valence-corrected chi connectivity index (χ1v) is 9.40. The third kappa shape index (κ3) is 3.58. The monoisotopic (exact) mass is 412 g/mol. The van der Waals surface area contributed by atoms with Gasteiger partial charge in [0.15, 0.2) is 0 Å². The van der Waals surface area contributed by atoms with Crippen LogP contribution in [0.3, 0.4) is 0 Å². The third-order valence-corrected chi connectivity index (χ3v) is 5.07. The average Bonchev–Trinajstić information content (AvgIpc) is 2.62. The zero-order chi connectivity index (χ0) is 18.8. The first-order chi connectivity index (χ1) is 12.4. The molecule has 134 valence electrons. The van der Waals surface area contributed by atoms with Crippen molar-refractivity contribution in [2.45, 2.75) is 33.4 Å². The molecule has 1 aromatic heterocycles. The molecular weight excluding hydrogens is 392 g/mol. The maximum Gasteiger partial charge on any atom is 0.257 e. The van der Waals surface area contributed by atoms with Crippen molar-refractivity contribution in [3.05, 3.63) is 80.0 Å². The van der Waals surface area contributed by atoms with Crippen LogP contribution < -0.4 is 10.7 Å². The normalized spacial score (nSPS) is 12.2. The number of pyridine rings is 1. The predicted octanol–water partition coefficient (Wildman–Crippen LogP) is 4.58. The Balaban J connectivity index is 1.98. The van der Waals surface area contributed by atoms with Crippen LogP contribution in [0.4, 0.5) is 0 Å². The quantitative estimate of drug-likeness (QED) is 0.681. The number of aromatic nitrogens is 1. The summed E-state index contributed by atoms with van der Waals surface area (Å²) in [5.74, 6) is -0.351. The van der Waals surface area contributed by atoms with Gasteiger partial charge in [-0.25, -0.2) is 0 Å². The van der Waals surface area contributed by atoms with Crippen LogP contribution in [0, 0.1) is 6.92 Å². The molecule has 0 spiro atoms. The molecule has 5 heteroatoms. The summed E-state index contributed by atoms with van der Waals surface area (Å²) in [6.45, 7) is 6.53. The number of rotatable bonds is 4. The summed E-state index contributed by atoms with van der Waals surface area (Å²) in [5, 5.41) is 3.52. The predicted molar refractivity (Wildman–Crippen MR) is 109 cm³/mol. The smallest absolute Gasteiger partial charge is 0.257 e. The number of fused-ring (bicyclic) bond motifs is 1. The van der Waals surface area contributed by atoms with Gasteiger partial charge in [0.1, 0.15) is 5.56 Å². The van der Waals surface area contributed by atoms with Crippen LogP contribution in [0.1, 0.15) is 41.4 Å². The second kappa shape index (κ2) is 7.46. The van der Waals surface area contributed by atoms with Gasteiger partial charge in [0.25, 0.3) is 5.91 Å². The Kier molecular flexibility index (Phi) is 5.28. The lowest BCUT2D eigenvalue weighted by atomic mass is 10.1. The molecular formula is C21H21BrN2O2. The highest BCUT2D eigenvalue weighted by atomic mass is 79.9. The molecule has 4 nitrogen and oxygen atoms in total. The molecule has 0 aliphatic heterocycles. The molecule has 0 unspecified atom stereocenters. The van der Waals surface area contributed by atoms with Gasteiger partial charge in [0, 0.05) is 22.6 Å². The van der Waals surface area contributed by atoms with Gasteiger partial charge in [-0.15, -0.1) is 0 Å². The number of nitrogens with one attached hydrogen (secondary N) is 1. The van der Waals surface area contributed by atoms with Crippen molar-refractivity contribution in [3.63, 3.8) is 0 Å². The number of hydrogen-bond donors (Lipinski definition) is 1. The lowest BCUT2D eigenvalue weighted by Crippen LogP contribution is -2.31. The highest BCUT2D eigenvalue weighted by molar-refractivity contribution is 9.10. The fraction of sp³-hybridized carbons (Fsp3) is 0.238. The molecule has 0 aliphatic carbocycles. The van der Waals surface area contributed by atoms with E-state index >= 15 is 0 Å². The van der Waals surface area contributed by atoms with Gasteiger partial charge in [-0.3, -0.25) is 9.59 Å². The zero-order valence-electron chi connectivity index (χ0n) is 15.0. The highest BCUT2D eigenvalue weighted by Crippen LogP contribution is 2.18. The van der Waals surface area contributed by atoms with Crippen molar-refractivity contribution in [1.82, 2.24) is 9.88 Å². The number of hydrogen-bond acceptors (Lipinski definition) is 2. The summed E-state index contributed by atoms with van der Waals surface area (Å²) >= 11 is 3.40. The van der Waals surface area contributed by atoms with Crippen LogP contribution >= 0.6 is 15.9 Å². The number of amides is 1. The number of aryl methyl sites for hydroxylation is 2. The highest BCUT2D eigenvalue weighted by Gasteiger charge is 2.17. The Morgan fingerprint density at radius 3 is 2.54 bits per heavy atom. The van der Waals surface area contributed by atoms with Crippen molar-refractivity contribution in [2.75, 3.05) is 0 Å². The molecule has 0 saturated heterocycles. The van der Waals surface area contributed by atoms with Crippen molar-refractivity contribution in [2.24, 2.45) is 0 Å². The summed E-state index contributed by atoms with van der Waals surface area (Å²) in [5.41, 5.74) is 2.77. The Labute approximate surface area is 161 Å². The fourth-order valence-electron chi connectivity index (χ4n) is 3.04. The van der Waals surface area contributed by atoms with Crippen LogP contribution in [0.2, 0.25) is 0 Å². The second-order valence-electron chi connectivity index (χ2n) is 6.43. The van der Waals surface area contributed by atoms with Crippen LogP contribution in [-0.4, -0.2) is 10.5 Å². The van der Waals surface area contributed by atoms with Gasteiger partial charge < -0.3 is 9.88 Å². The van der Waals surface area contributed by atoms with E-state index < -0.39 is 0 Å². The van der Waals surface area contributed by atoms with Crippen molar-refractivity contribution in [1.29, 1.82) is 0 Å². The molecule has 1 atom stereocenters. The molecule has 0 aliphatic rings. The lowest BCUT2D eigenvalue weighted by Gasteiger charge is -2.16. The maximum atomic E-state index is 12.9. The molecule has 0 radical (unpaired) electrons. The van der Waals surface area contributed by atoms with Gasteiger partial charge >= 0.3 is 0 Å². The number of nitrogens with zero attached hydrogens (tertiary/aromatic N) is 1. The molecule has 0 saturated carbocycles. The van der Waals surface area contributed by atoms with E-state index in [1.807, 2.05) is 67.8 Å². The minimum absolute atomic E-state index is 0.175. The van der Waals surface area contributed by atoms with Crippen molar-refractivity contribution in [3.8, 4) is 0 Å². The van der Waals surface area contributed by atoms with E-state index in [0.717, 1.165) is 21.1 Å². The van der Waals surface area contributed by atoms with Crippen LogP contribution in [0.25, 0.3) is 10.9 Å². The summed E-state index contributed by atoms with van der Waals surface area (Å²) in [4.78, 5) is 25.7. The summed E-state index contributed by atoms with van der Waals surface area (Å²) in [7, 11) is 0. The molecule has 1 N–H and O–H groups in total. The molecule has 1 heterocycles. The molecule has 3 rings (SSSR count). The Bertz CT molecular complexity index is 1020. The van der Waals surface area contributed by atoms with Gasteiger partial charge in [-0.1, -0.05) is 39.7 Å². The Morgan fingerprint density at radius 2 is 1.88 bits per heavy atom. The van der Waals surface area contributed by atoms with Gasteiger partial charge in [0.2, 0.25) is 5.43 Å². The van der Waals surface area contributed by atoms with Gasteiger partial charge in [-0.2, -0.15) is 0 Å². The van der Waals surface area contributed by atoms with E-state index in [4.69, 9.17) is 0 Å². The third-order valence-electron chi connectivity index (χ3n) is 4.54. The number of halogens is 1. The average molecular weight is 413 g/mol. The lowest BCUT2D eigenvalue weighted by molar-refractivity contribution is 0.0938. The van der Waals surface area contributed by atoms with Crippen molar-refractivity contribution < 1.29 is 4.79 Å². The summed E-state index contributed by atoms with van der Waals surface area (Å²) in [6.07, 6.45) is 1.66. The van der Waals surface area contributed by atoms with E-state index in [1.54, 1.807) is 6.20 Å². The number of carbonyl (C=O) groups excluding carboxylic acids is 1. The minimum Gasteiger partial charge on any atom is -0.347 e. The zero-order valence-corrected chi connectivity index (χ0v) is 16.6. The van der Waals surface area contributed by atoms with Crippen LogP contribution in [-0.2, 0) is 6.54 Å². The number of carbonyl (C=O) groups is 1. The molecule has 0 fully saturated rings. The van der Waals surface area contributed by atoms with E-state index in [9.17, 15) is 9.59 Å². The van der Waals surface area contributed by atoms with Gasteiger partial charge in [0.05, 0.1) is 11.6 Å². The minimum atomic E-state index is -0.351. The number of benzene rings is 2. The standard InChI is InChI=1S/C21H21BrN2O2/c1-4-24-12-18(20(25)17-11-13(2)5-10-19(17)24)21(26)23-14(3)15-6-8-16(22)9-7-15/h5-12,14H,4H2,1-3H3,(H,23,26)/t14-/m1/s1. The topological polar surface area (TPSA) is 51.1 Å². The van der Waals surface area contributed by atoms with Crippen LogP contribution in [0.15, 0.2) is 57.9 Å². The first-order valence-electron chi connectivity index (χ1n) is 8.61. The molecule has 0 bridgehead atoms. The van der Waals surface area contributed by atoms with Crippen LogP contribution in [0.5, 0.6) is 0 Å². The summed E-state index contributed by atoms with van der Waals surface area (Å²) < 4.78 is 2.92. The molecule has 2 aromatic carbocycles. The molecule has 1 amide bonds. The summed E-state index contributed by atoms with van der Waals surface area (Å²) in [6, 6.07) is 13.3. The first kappa shape index (κ1) is 18.4. The van der Waals surface area contributed by atoms with Crippen molar-refractivity contribution >= 4 is 32.7 Å². The van der Waals surface area contributed by atoms with E-state index in [2.05, 4.69) is 21.2 Å². The SMILES string of the molecule is CCn1cc(C(=O)N[C@H](C)c2ccc(Br)cc2)c(=O)c2cc(C)ccc21. The second-order valence-corrected chi connectivity index (χ2v) is 7.34.